The van der Waals surface area contributed by atoms with Crippen LogP contribution < -0.4 is 4.90 Å². The zero-order valence-corrected chi connectivity index (χ0v) is 20.0. The molecule has 8 heteroatoms. The summed E-state index contributed by atoms with van der Waals surface area (Å²) in [7, 11) is 0. The molecule has 1 fully saturated rings. The minimum absolute atomic E-state index is 0.0284. The summed E-state index contributed by atoms with van der Waals surface area (Å²) in [5.41, 5.74) is 2.77. The number of hydrogen-bond acceptors (Lipinski definition) is 6. The van der Waals surface area contributed by atoms with Crippen LogP contribution in [0.15, 0.2) is 84.6 Å². The molecule has 3 aromatic carbocycles. The predicted octanol–water partition coefficient (Wildman–Crippen LogP) is 4.61. The second kappa shape index (κ2) is 9.66. The lowest BCUT2D eigenvalue weighted by Gasteiger charge is -2.25. The van der Waals surface area contributed by atoms with Crippen molar-refractivity contribution in [2.24, 2.45) is 0 Å². The number of benzene rings is 3. The summed E-state index contributed by atoms with van der Waals surface area (Å²) in [5, 5.41) is 21.9. The van der Waals surface area contributed by atoms with Gasteiger partial charge in [0, 0.05) is 28.4 Å². The first-order chi connectivity index (χ1) is 17.9. The fourth-order valence-corrected chi connectivity index (χ4v) is 4.64. The van der Waals surface area contributed by atoms with Gasteiger partial charge in [0.2, 0.25) is 0 Å². The molecule has 1 atom stereocenters. The van der Waals surface area contributed by atoms with Crippen LogP contribution in [0, 0.1) is 0 Å². The van der Waals surface area contributed by atoms with Crippen LogP contribution in [0.5, 0.6) is 5.75 Å². The zero-order chi connectivity index (χ0) is 26.1. The number of carbonyl (C=O) groups is 3. The summed E-state index contributed by atoms with van der Waals surface area (Å²) in [6, 6.07) is 19.2. The Kier molecular flexibility index (Phi) is 6.23. The van der Waals surface area contributed by atoms with E-state index in [1.54, 1.807) is 49.5 Å². The Labute approximate surface area is 212 Å². The maximum atomic E-state index is 13.4. The first-order valence-electron chi connectivity index (χ1n) is 11.8. The number of ether oxygens (including phenoxy) is 1. The maximum absolute atomic E-state index is 13.4. The number of carbonyl (C=O) groups excluding carboxylic acids is 3. The molecule has 4 aromatic rings. The van der Waals surface area contributed by atoms with Gasteiger partial charge >= 0.3 is 5.97 Å². The third-order valence-corrected chi connectivity index (χ3v) is 6.37. The van der Waals surface area contributed by atoms with Crippen molar-refractivity contribution in [1.82, 2.24) is 4.98 Å². The highest BCUT2D eigenvalue weighted by Gasteiger charge is 2.47. The average molecular weight is 497 g/mol. The SMILES string of the molecule is CCOC(=O)Cc1ccc(N2C(=O)C(=O)/C(=C(\O)c3c[nH]c4ccccc34)C2c2ccc(O)cc2)cc1. The van der Waals surface area contributed by atoms with E-state index < -0.39 is 17.7 Å². The van der Waals surface area contributed by atoms with Gasteiger partial charge in [-0.1, -0.05) is 42.5 Å². The molecule has 1 amide bonds. The van der Waals surface area contributed by atoms with Crippen LogP contribution in [0.2, 0.25) is 0 Å². The summed E-state index contributed by atoms with van der Waals surface area (Å²) in [6.45, 7) is 2.02. The molecule has 8 nitrogen and oxygen atoms in total. The van der Waals surface area contributed by atoms with Crippen LogP contribution >= 0.6 is 0 Å². The molecule has 0 bridgehead atoms. The number of phenolic OH excluding ortho intramolecular Hbond substituents is 1. The summed E-state index contributed by atoms with van der Waals surface area (Å²) >= 11 is 0. The molecule has 2 heterocycles. The zero-order valence-electron chi connectivity index (χ0n) is 20.0. The Morgan fingerprint density at radius 3 is 2.41 bits per heavy atom. The quantitative estimate of drug-likeness (QED) is 0.155. The number of phenols is 1. The number of aromatic amines is 1. The number of Topliss-reactive ketones (excluding diaryl/α,β-unsaturated/α-hetero) is 1. The Morgan fingerprint density at radius 1 is 1.00 bits per heavy atom. The number of hydrogen-bond donors (Lipinski definition) is 3. The topological polar surface area (TPSA) is 120 Å². The Hall–Kier alpha value is -4.85. The van der Waals surface area contributed by atoms with Crippen molar-refractivity contribution in [3.8, 4) is 5.75 Å². The number of aliphatic hydroxyl groups is 1. The van der Waals surface area contributed by atoms with Crippen molar-refractivity contribution >= 4 is 40.0 Å². The molecule has 5 rings (SSSR count). The normalized spacial score (nSPS) is 16.9. The Morgan fingerprint density at radius 2 is 1.70 bits per heavy atom. The number of ketones is 1. The van der Waals surface area contributed by atoms with Crippen molar-refractivity contribution in [3.63, 3.8) is 0 Å². The molecule has 186 valence electrons. The second-order valence-electron chi connectivity index (χ2n) is 8.66. The monoisotopic (exact) mass is 496 g/mol. The van der Waals surface area contributed by atoms with Gasteiger partial charge in [0.1, 0.15) is 11.5 Å². The first kappa shape index (κ1) is 23.9. The number of H-pyrrole nitrogens is 1. The lowest BCUT2D eigenvalue weighted by atomic mass is 9.95. The van der Waals surface area contributed by atoms with Gasteiger partial charge in [-0.25, -0.2) is 0 Å². The Bertz CT molecular complexity index is 1530. The number of aromatic hydroxyl groups is 1. The smallest absolute Gasteiger partial charge is 0.310 e. The largest absolute Gasteiger partial charge is 0.508 e. The minimum Gasteiger partial charge on any atom is -0.508 e. The fraction of sp³-hybridized carbons (Fsp3) is 0.138. The van der Waals surface area contributed by atoms with E-state index >= 15 is 0 Å². The maximum Gasteiger partial charge on any atom is 0.310 e. The van der Waals surface area contributed by atoms with Crippen molar-refractivity contribution in [2.75, 3.05) is 11.5 Å². The van der Waals surface area contributed by atoms with Crippen LogP contribution in [0.4, 0.5) is 5.69 Å². The summed E-state index contributed by atoms with van der Waals surface area (Å²) < 4.78 is 4.99. The standard InChI is InChI=1S/C29H24N2O6/c1-2-37-24(33)15-17-7-11-19(12-8-17)31-26(18-9-13-20(32)14-10-18)25(28(35)29(31)36)27(34)22-16-30-23-6-4-3-5-21(22)23/h3-14,16,26,30,32,34H,2,15H2,1H3/b27-25-. The van der Waals surface area contributed by atoms with E-state index in [9.17, 15) is 24.6 Å². The lowest BCUT2D eigenvalue weighted by molar-refractivity contribution is -0.142. The van der Waals surface area contributed by atoms with Crippen LogP contribution in [-0.2, 0) is 25.5 Å². The van der Waals surface area contributed by atoms with E-state index in [2.05, 4.69) is 4.98 Å². The number of aliphatic hydroxyl groups excluding tert-OH is 1. The lowest BCUT2D eigenvalue weighted by Crippen LogP contribution is -2.29. The van der Waals surface area contributed by atoms with Crippen molar-refractivity contribution in [2.45, 2.75) is 19.4 Å². The average Bonchev–Trinajstić information content (AvgIpc) is 3.44. The molecule has 1 unspecified atom stereocenters. The molecule has 1 aliphatic heterocycles. The molecule has 0 saturated carbocycles. The van der Waals surface area contributed by atoms with Crippen LogP contribution in [0.1, 0.15) is 29.7 Å². The number of esters is 1. The van der Waals surface area contributed by atoms with E-state index in [1.165, 1.54) is 17.0 Å². The molecule has 1 aromatic heterocycles. The molecule has 0 radical (unpaired) electrons. The van der Waals surface area contributed by atoms with Gasteiger partial charge in [-0.05, 0) is 48.4 Å². The van der Waals surface area contributed by atoms with Crippen molar-refractivity contribution in [3.05, 3.63) is 101 Å². The van der Waals surface area contributed by atoms with Gasteiger partial charge in [-0.3, -0.25) is 19.3 Å². The third-order valence-electron chi connectivity index (χ3n) is 6.37. The summed E-state index contributed by atoms with van der Waals surface area (Å²) in [4.78, 5) is 43.0. The fourth-order valence-electron chi connectivity index (χ4n) is 4.64. The van der Waals surface area contributed by atoms with Crippen molar-refractivity contribution in [1.29, 1.82) is 0 Å². The number of aromatic nitrogens is 1. The van der Waals surface area contributed by atoms with Crippen LogP contribution in [0.25, 0.3) is 16.7 Å². The number of fused-ring (bicyclic) bond motifs is 1. The van der Waals surface area contributed by atoms with Gasteiger partial charge < -0.3 is 19.9 Å². The van der Waals surface area contributed by atoms with E-state index in [1.807, 2.05) is 24.3 Å². The molecular formula is C29H24N2O6. The van der Waals surface area contributed by atoms with Gasteiger partial charge in [-0.15, -0.1) is 0 Å². The first-order valence-corrected chi connectivity index (χ1v) is 11.8. The number of amides is 1. The molecular weight excluding hydrogens is 472 g/mol. The molecule has 0 spiro atoms. The highest BCUT2D eigenvalue weighted by atomic mass is 16.5. The molecule has 0 aliphatic carbocycles. The summed E-state index contributed by atoms with van der Waals surface area (Å²) in [5.74, 6) is -2.25. The summed E-state index contributed by atoms with van der Waals surface area (Å²) in [6.07, 6.45) is 1.68. The number of anilines is 1. The third kappa shape index (κ3) is 4.33. The van der Waals surface area contributed by atoms with Crippen LogP contribution in [-0.4, -0.2) is 39.5 Å². The second-order valence-corrected chi connectivity index (χ2v) is 8.66. The number of rotatable bonds is 6. The molecule has 3 N–H and O–H groups in total. The van der Waals surface area contributed by atoms with Gasteiger partial charge in [-0.2, -0.15) is 0 Å². The molecule has 1 saturated heterocycles. The van der Waals surface area contributed by atoms with Crippen LogP contribution in [0.3, 0.4) is 0 Å². The number of nitrogens with zero attached hydrogens (tertiary/aromatic N) is 1. The highest BCUT2D eigenvalue weighted by molar-refractivity contribution is 6.51. The van der Waals surface area contributed by atoms with Gasteiger partial charge in [0.15, 0.2) is 0 Å². The van der Waals surface area contributed by atoms with E-state index in [0.717, 1.165) is 5.52 Å². The van der Waals surface area contributed by atoms with Crippen molar-refractivity contribution < 1.29 is 29.3 Å². The molecule has 1 aliphatic rings. The predicted molar refractivity (Wildman–Crippen MR) is 138 cm³/mol. The van der Waals surface area contributed by atoms with E-state index in [-0.39, 0.29) is 36.1 Å². The highest BCUT2D eigenvalue weighted by Crippen LogP contribution is 2.43. The van der Waals surface area contributed by atoms with E-state index in [4.69, 9.17) is 4.74 Å². The van der Waals surface area contributed by atoms with Gasteiger partial charge in [0.05, 0.1) is 24.6 Å². The minimum atomic E-state index is -0.940. The van der Waals surface area contributed by atoms with Gasteiger partial charge in [0.25, 0.3) is 11.7 Å². The number of nitrogens with one attached hydrogen (secondary N) is 1. The molecule has 37 heavy (non-hydrogen) atoms. The van der Waals surface area contributed by atoms with E-state index in [0.29, 0.717) is 27.8 Å². The number of para-hydroxylation sites is 1. The Balaban J connectivity index is 1.62.